The van der Waals surface area contributed by atoms with E-state index in [9.17, 15) is 4.79 Å². The van der Waals surface area contributed by atoms with Crippen molar-refractivity contribution in [3.05, 3.63) is 34.5 Å². The van der Waals surface area contributed by atoms with Crippen LogP contribution in [0, 0.1) is 13.8 Å². The number of fused-ring (bicyclic) bond motifs is 3. The quantitative estimate of drug-likeness (QED) is 0.770. The van der Waals surface area contributed by atoms with Crippen LogP contribution in [0.5, 0.6) is 0 Å². The smallest absolute Gasteiger partial charge is 0.270 e. The second kappa shape index (κ2) is 4.12. The normalized spacial score (nSPS) is 15.2. The molecule has 1 aliphatic heterocycles. The van der Waals surface area contributed by atoms with Crippen molar-refractivity contribution in [1.29, 1.82) is 0 Å². The highest BCUT2D eigenvalue weighted by molar-refractivity contribution is 6.03. The molecular weight excluding hydrogens is 236 g/mol. The van der Waals surface area contributed by atoms with Crippen molar-refractivity contribution in [2.45, 2.75) is 33.7 Å². The van der Waals surface area contributed by atoms with Crippen LogP contribution in [0.3, 0.4) is 0 Å². The van der Waals surface area contributed by atoms with Gasteiger partial charge in [-0.25, -0.2) is 0 Å². The summed E-state index contributed by atoms with van der Waals surface area (Å²) < 4.78 is 2.19. The maximum Gasteiger partial charge on any atom is 0.270 e. The Kier molecular flexibility index (Phi) is 2.66. The molecule has 0 spiro atoms. The van der Waals surface area contributed by atoms with Gasteiger partial charge in [-0.2, -0.15) is 0 Å². The Morgan fingerprint density at radius 1 is 1.26 bits per heavy atom. The van der Waals surface area contributed by atoms with E-state index in [1.54, 1.807) is 0 Å². The third-order valence-electron chi connectivity index (χ3n) is 4.16. The Bertz CT molecular complexity index is 682. The van der Waals surface area contributed by atoms with Crippen molar-refractivity contribution in [3.63, 3.8) is 0 Å². The number of nitrogens with zero attached hydrogens (tertiary/aromatic N) is 2. The number of carbonyl (C=O) groups excluding carboxylic acids is 1. The molecule has 0 atom stereocenters. The molecule has 0 aliphatic carbocycles. The fourth-order valence-corrected chi connectivity index (χ4v) is 3.33. The Labute approximate surface area is 113 Å². The first-order chi connectivity index (χ1) is 9.04. The fraction of sp³-hybridized carbons (Fsp3) is 0.438. The van der Waals surface area contributed by atoms with Crippen LogP contribution < -0.4 is 0 Å². The highest BCUT2D eigenvalue weighted by Gasteiger charge is 2.29. The van der Waals surface area contributed by atoms with Crippen molar-refractivity contribution in [1.82, 2.24) is 9.47 Å². The van der Waals surface area contributed by atoms with Crippen molar-refractivity contribution in [2.24, 2.45) is 0 Å². The molecule has 2 heterocycles. The number of aromatic nitrogens is 1. The molecule has 0 radical (unpaired) electrons. The van der Waals surface area contributed by atoms with Gasteiger partial charge in [-0.3, -0.25) is 4.79 Å². The first kappa shape index (κ1) is 12.3. The van der Waals surface area contributed by atoms with E-state index in [2.05, 4.69) is 37.5 Å². The molecule has 1 amide bonds. The zero-order valence-corrected chi connectivity index (χ0v) is 12.1. The standard InChI is InChI=1S/C16H20N2O/c1-5-18-14-11(3)8-10(2)9-13(14)12-6-7-17(4)16(19)15(12)18/h8-9H,5-7H2,1-4H3. The van der Waals surface area contributed by atoms with Gasteiger partial charge in [0, 0.05) is 25.5 Å². The van der Waals surface area contributed by atoms with Gasteiger partial charge in [0.1, 0.15) is 5.69 Å². The van der Waals surface area contributed by atoms with Crippen LogP contribution in [0.15, 0.2) is 12.1 Å². The second-order valence-corrected chi connectivity index (χ2v) is 5.53. The molecule has 3 rings (SSSR count). The van der Waals surface area contributed by atoms with Gasteiger partial charge in [-0.15, -0.1) is 0 Å². The van der Waals surface area contributed by atoms with E-state index in [0.29, 0.717) is 0 Å². The van der Waals surface area contributed by atoms with Gasteiger partial charge in [0.05, 0.1) is 5.52 Å². The van der Waals surface area contributed by atoms with Crippen LogP contribution in [0.25, 0.3) is 10.9 Å². The lowest BCUT2D eigenvalue weighted by Gasteiger charge is -2.24. The topological polar surface area (TPSA) is 25.2 Å². The number of carbonyl (C=O) groups is 1. The van der Waals surface area contributed by atoms with Crippen molar-refractivity contribution in [2.75, 3.05) is 13.6 Å². The molecule has 2 aromatic rings. The average Bonchev–Trinajstić information content (AvgIpc) is 2.68. The second-order valence-electron chi connectivity index (χ2n) is 5.53. The molecule has 100 valence electrons. The third-order valence-corrected chi connectivity index (χ3v) is 4.16. The van der Waals surface area contributed by atoms with E-state index in [0.717, 1.165) is 25.2 Å². The van der Waals surface area contributed by atoms with E-state index in [4.69, 9.17) is 0 Å². The van der Waals surface area contributed by atoms with Crippen LogP contribution in [0.1, 0.15) is 34.1 Å². The molecule has 0 fully saturated rings. The molecule has 1 aliphatic rings. The molecule has 0 saturated heterocycles. The fourth-order valence-electron chi connectivity index (χ4n) is 3.33. The zero-order valence-electron chi connectivity index (χ0n) is 12.1. The summed E-state index contributed by atoms with van der Waals surface area (Å²) in [5.41, 5.74) is 5.92. The monoisotopic (exact) mass is 256 g/mol. The van der Waals surface area contributed by atoms with Gasteiger partial charge in [0.15, 0.2) is 0 Å². The summed E-state index contributed by atoms with van der Waals surface area (Å²) in [6.45, 7) is 8.04. The summed E-state index contributed by atoms with van der Waals surface area (Å²) in [6.07, 6.45) is 0.962. The average molecular weight is 256 g/mol. The Morgan fingerprint density at radius 2 is 2.00 bits per heavy atom. The highest BCUT2D eigenvalue weighted by atomic mass is 16.2. The number of aryl methyl sites for hydroxylation is 3. The molecule has 0 N–H and O–H groups in total. The van der Waals surface area contributed by atoms with E-state index in [1.165, 1.54) is 27.6 Å². The lowest BCUT2D eigenvalue weighted by atomic mass is 10.0. The van der Waals surface area contributed by atoms with E-state index in [1.807, 2.05) is 11.9 Å². The van der Waals surface area contributed by atoms with Crippen molar-refractivity contribution < 1.29 is 4.79 Å². The predicted octanol–water partition coefficient (Wildman–Crippen LogP) is 2.91. The van der Waals surface area contributed by atoms with Crippen LogP contribution >= 0.6 is 0 Å². The number of rotatable bonds is 1. The maximum absolute atomic E-state index is 12.5. The summed E-state index contributed by atoms with van der Waals surface area (Å²) in [7, 11) is 1.89. The lowest BCUT2D eigenvalue weighted by molar-refractivity contribution is 0.0770. The molecule has 0 unspecified atom stereocenters. The van der Waals surface area contributed by atoms with Gasteiger partial charge in [0.2, 0.25) is 0 Å². The summed E-state index contributed by atoms with van der Waals surface area (Å²) in [5, 5.41) is 1.27. The van der Waals surface area contributed by atoms with E-state index < -0.39 is 0 Å². The van der Waals surface area contributed by atoms with E-state index >= 15 is 0 Å². The molecule has 1 aromatic heterocycles. The van der Waals surface area contributed by atoms with Gasteiger partial charge in [-0.05, 0) is 44.4 Å². The Balaban J connectivity index is 2.44. The summed E-state index contributed by atoms with van der Waals surface area (Å²) in [5.74, 6) is 0.163. The molecular formula is C16H20N2O. The Hall–Kier alpha value is -1.77. The van der Waals surface area contributed by atoms with Gasteiger partial charge in [-0.1, -0.05) is 11.6 Å². The summed E-state index contributed by atoms with van der Waals surface area (Å²) >= 11 is 0. The molecule has 0 bridgehead atoms. The largest absolute Gasteiger partial charge is 0.340 e. The van der Waals surface area contributed by atoms with Crippen LogP contribution in [0.2, 0.25) is 0 Å². The molecule has 3 heteroatoms. The molecule has 1 aromatic carbocycles. The van der Waals surface area contributed by atoms with E-state index in [-0.39, 0.29) is 5.91 Å². The van der Waals surface area contributed by atoms with Gasteiger partial charge >= 0.3 is 0 Å². The highest BCUT2D eigenvalue weighted by Crippen LogP contribution is 2.33. The molecule has 19 heavy (non-hydrogen) atoms. The minimum absolute atomic E-state index is 0.163. The first-order valence-electron chi connectivity index (χ1n) is 6.92. The maximum atomic E-state index is 12.5. The lowest BCUT2D eigenvalue weighted by Crippen LogP contribution is -2.35. The van der Waals surface area contributed by atoms with Gasteiger partial charge in [0.25, 0.3) is 5.91 Å². The Morgan fingerprint density at radius 3 is 2.68 bits per heavy atom. The van der Waals surface area contributed by atoms with Crippen molar-refractivity contribution in [3.8, 4) is 0 Å². The van der Waals surface area contributed by atoms with Crippen LogP contribution in [-0.4, -0.2) is 29.0 Å². The predicted molar refractivity (Wildman–Crippen MR) is 77.8 cm³/mol. The number of likely N-dealkylation sites (N-methyl/N-ethyl adjacent to an activating group) is 1. The minimum Gasteiger partial charge on any atom is -0.340 e. The number of hydrogen-bond acceptors (Lipinski definition) is 1. The third kappa shape index (κ3) is 1.61. The zero-order chi connectivity index (χ0) is 13.7. The van der Waals surface area contributed by atoms with Crippen LogP contribution in [0.4, 0.5) is 0 Å². The van der Waals surface area contributed by atoms with Crippen molar-refractivity contribution >= 4 is 16.8 Å². The molecule has 3 nitrogen and oxygen atoms in total. The SMILES string of the molecule is CCn1c2c(c3cc(C)cc(C)c31)CCN(C)C2=O. The minimum atomic E-state index is 0.163. The molecule has 0 saturated carbocycles. The number of hydrogen-bond donors (Lipinski definition) is 0. The number of amides is 1. The van der Waals surface area contributed by atoms with Crippen LogP contribution in [-0.2, 0) is 13.0 Å². The summed E-state index contributed by atoms with van der Waals surface area (Å²) in [6, 6.07) is 4.43. The first-order valence-corrected chi connectivity index (χ1v) is 6.92. The summed E-state index contributed by atoms with van der Waals surface area (Å²) in [4.78, 5) is 14.3. The van der Waals surface area contributed by atoms with Gasteiger partial charge < -0.3 is 9.47 Å². The number of benzene rings is 1.